The first-order valence-electron chi connectivity index (χ1n) is 8.84. The van der Waals surface area contributed by atoms with Crippen molar-refractivity contribution < 1.29 is 13.9 Å². The molecule has 1 N–H and O–H groups in total. The van der Waals surface area contributed by atoms with Crippen LogP contribution in [0.3, 0.4) is 0 Å². The number of nitrogens with zero attached hydrogens (tertiary/aromatic N) is 3. The van der Waals surface area contributed by atoms with Crippen LogP contribution >= 0.6 is 23.4 Å². The SMILES string of the molecule is Cc1cc(OC(C)c2nnc(SCC(=O)Nc3ccc(F)cc3)n2C)ccc1Cl. The molecule has 1 heterocycles. The third-order valence-electron chi connectivity index (χ3n) is 4.13. The molecule has 29 heavy (non-hydrogen) atoms. The first kappa shape index (κ1) is 21.1. The highest BCUT2D eigenvalue weighted by Gasteiger charge is 2.18. The standard InChI is InChI=1S/C20H20ClFN4O2S/c1-12-10-16(8-9-17(12)21)28-13(2)19-24-25-20(26(19)3)29-11-18(27)23-15-6-4-14(22)5-7-15/h4-10,13H,11H2,1-3H3,(H,23,27). The number of nitrogens with one attached hydrogen (secondary N) is 1. The van der Waals surface area contributed by atoms with Crippen molar-refractivity contribution >= 4 is 35.0 Å². The number of hydrogen-bond donors (Lipinski definition) is 1. The topological polar surface area (TPSA) is 69.0 Å². The lowest BCUT2D eigenvalue weighted by Crippen LogP contribution is -2.14. The number of carbonyl (C=O) groups is 1. The van der Waals surface area contributed by atoms with Gasteiger partial charge in [-0.3, -0.25) is 4.79 Å². The zero-order valence-electron chi connectivity index (χ0n) is 16.1. The molecule has 1 amide bonds. The van der Waals surface area contributed by atoms with Crippen LogP contribution in [0.5, 0.6) is 5.75 Å². The first-order chi connectivity index (χ1) is 13.8. The monoisotopic (exact) mass is 434 g/mol. The predicted octanol–water partition coefficient (Wildman–Crippen LogP) is 4.79. The number of rotatable bonds is 7. The fourth-order valence-electron chi connectivity index (χ4n) is 2.61. The highest BCUT2D eigenvalue weighted by molar-refractivity contribution is 7.99. The number of amides is 1. The third-order valence-corrected chi connectivity index (χ3v) is 5.58. The fraction of sp³-hybridized carbons (Fsp3) is 0.250. The van der Waals surface area contributed by atoms with E-state index in [9.17, 15) is 9.18 Å². The molecule has 1 atom stereocenters. The van der Waals surface area contributed by atoms with Gasteiger partial charge in [-0.05, 0) is 61.9 Å². The van der Waals surface area contributed by atoms with Crippen molar-refractivity contribution in [2.75, 3.05) is 11.1 Å². The van der Waals surface area contributed by atoms with Crippen LogP contribution in [0.2, 0.25) is 5.02 Å². The molecule has 9 heteroatoms. The normalized spacial score (nSPS) is 11.9. The van der Waals surface area contributed by atoms with E-state index in [2.05, 4.69) is 15.5 Å². The van der Waals surface area contributed by atoms with Gasteiger partial charge in [-0.25, -0.2) is 4.39 Å². The lowest BCUT2D eigenvalue weighted by atomic mass is 10.2. The van der Waals surface area contributed by atoms with E-state index in [0.717, 1.165) is 5.56 Å². The lowest BCUT2D eigenvalue weighted by Gasteiger charge is -2.15. The van der Waals surface area contributed by atoms with Gasteiger partial charge in [0.15, 0.2) is 17.1 Å². The van der Waals surface area contributed by atoms with E-state index in [1.807, 2.05) is 27.0 Å². The van der Waals surface area contributed by atoms with Crippen LogP contribution in [0.1, 0.15) is 24.4 Å². The van der Waals surface area contributed by atoms with Gasteiger partial charge in [-0.2, -0.15) is 0 Å². The summed E-state index contributed by atoms with van der Waals surface area (Å²) >= 11 is 7.30. The van der Waals surface area contributed by atoms with Crippen LogP contribution in [0.15, 0.2) is 47.6 Å². The molecule has 152 valence electrons. The Labute approximate surface area is 177 Å². The number of aryl methyl sites for hydroxylation is 1. The second-order valence-corrected chi connectivity index (χ2v) is 7.76. The average molecular weight is 435 g/mol. The van der Waals surface area contributed by atoms with Crippen LogP contribution < -0.4 is 10.1 Å². The van der Waals surface area contributed by atoms with Crippen molar-refractivity contribution in [3.8, 4) is 5.75 Å². The van der Waals surface area contributed by atoms with E-state index < -0.39 is 0 Å². The fourth-order valence-corrected chi connectivity index (χ4v) is 3.45. The lowest BCUT2D eigenvalue weighted by molar-refractivity contribution is -0.113. The Hall–Kier alpha value is -2.58. The summed E-state index contributed by atoms with van der Waals surface area (Å²) in [5.74, 6) is 0.908. The van der Waals surface area contributed by atoms with Gasteiger partial charge < -0.3 is 14.6 Å². The van der Waals surface area contributed by atoms with Gasteiger partial charge in [0.05, 0.1) is 5.75 Å². The molecule has 0 aliphatic carbocycles. The molecule has 0 saturated heterocycles. The number of benzene rings is 2. The molecule has 3 aromatic rings. The van der Waals surface area contributed by atoms with Crippen LogP contribution in [-0.2, 0) is 11.8 Å². The smallest absolute Gasteiger partial charge is 0.234 e. The molecule has 0 saturated carbocycles. The molecule has 0 spiro atoms. The van der Waals surface area contributed by atoms with Crippen LogP contribution in [-0.4, -0.2) is 26.4 Å². The molecular weight excluding hydrogens is 415 g/mol. The maximum absolute atomic E-state index is 12.9. The maximum Gasteiger partial charge on any atom is 0.234 e. The molecule has 6 nitrogen and oxygen atoms in total. The van der Waals surface area contributed by atoms with E-state index >= 15 is 0 Å². The van der Waals surface area contributed by atoms with Crippen molar-refractivity contribution in [2.45, 2.75) is 25.1 Å². The summed E-state index contributed by atoms with van der Waals surface area (Å²) in [6, 6.07) is 11.1. The summed E-state index contributed by atoms with van der Waals surface area (Å²) < 4.78 is 20.7. The van der Waals surface area contributed by atoms with Gasteiger partial charge in [0, 0.05) is 17.8 Å². The number of hydrogen-bond acceptors (Lipinski definition) is 5. The Morgan fingerprint density at radius 3 is 2.69 bits per heavy atom. The van der Waals surface area contributed by atoms with E-state index in [0.29, 0.717) is 27.4 Å². The first-order valence-corrected chi connectivity index (χ1v) is 10.2. The molecule has 0 bridgehead atoms. The minimum atomic E-state index is -0.353. The van der Waals surface area contributed by atoms with E-state index in [4.69, 9.17) is 16.3 Å². The summed E-state index contributed by atoms with van der Waals surface area (Å²) in [5, 5.41) is 12.3. The summed E-state index contributed by atoms with van der Waals surface area (Å²) in [6.45, 7) is 3.79. The van der Waals surface area contributed by atoms with E-state index in [-0.39, 0.29) is 23.6 Å². The minimum absolute atomic E-state index is 0.148. The number of thioether (sulfide) groups is 1. The molecule has 0 radical (unpaired) electrons. The highest BCUT2D eigenvalue weighted by Crippen LogP contribution is 2.26. The largest absolute Gasteiger partial charge is 0.483 e. The van der Waals surface area contributed by atoms with Gasteiger partial charge in [0.25, 0.3) is 0 Å². The zero-order valence-corrected chi connectivity index (χ0v) is 17.7. The molecular formula is C20H20ClFN4O2S. The summed E-state index contributed by atoms with van der Waals surface area (Å²) in [7, 11) is 1.82. The van der Waals surface area contributed by atoms with Gasteiger partial charge in [-0.15, -0.1) is 10.2 Å². The highest BCUT2D eigenvalue weighted by atomic mass is 35.5. The summed E-state index contributed by atoms with van der Waals surface area (Å²) in [6.07, 6.45) is -0.338. The average Bonchev–Trinajstić information content (AvgIpc) is 3.05. The zero-order chi connectivity index (χ0) is 21.0. The number of ether oxygens (including phenoxy) is 1. The molecule has 0 aliphatic heterocycles. The number of aromatic nitrogens is 3. The number of carbonyl (C=O) groups excluding carboxylic acids is 1. The molecule has 1 unspecified atom stereocenters. The van der Waals surface area contributed by atoms with Crippen LogP contribution in [0, 0.1) is 12.7 Å². The van der Waals surface area contributed by atoms with Gasteiger partial charge in [0.1, 0.15) is 11.6 Å². The van der Waals surface area contributed by atoms with Crippen molar-refractivity contribution in [1.29, 1.82) is 0 Å². The molecule has 0 fully saturated rings. The molecule has 1 aromatic heterocycles. The van der Waals surface area contributed by atoms with Gasteiger partial charge >= 0.3 is 0 Å². The van der Waals surface area contributed by atoms with Crippen molar-refractivity contribution in [1.82, 2.24) is 14.8 Å². The third kappa shape index (κ3) is 5.48. The molecule has 3 rings (SSSR count). The van der Waals surface area contributed by atoms with Gasteiger partial charge in [0.2, 0.25) is 5.91 Å². The Morgan fingerprint density at radius 2 is 2.00 bits per heavy atom. The second-order valence-electron chi connectivity index (χ2n) is 6.41. The minimum Gasteiger partial charge on any atom is -0.483 e. The maximum atomic E-state index is 12.9. The number of halogens is 2. The van der Waals surface area contributed by atoms with Crippen LogP contribution in [0.4, 0.5) is 10.1 Å². The Balaban J connectivity index is 1.58. The van der Waals surface area contributed by atoms with Crippen molar-refractivity contribution in [2.24, 2.45) is 7.05 Å². The molecule has 2 aromatic carbocycles. The second kappa shape index (κ2) is 9.28. The summed E-state index contributed by atoms with van der Waals surface area (Å²) in [4.78, 5) is 12.1. The Bertz CT molecular complexity index is 1010. The van der Waals surface area contributed by atoms with E-state index in [1.54, 1.807) is 16.7 Å². The van der Waals surface area contributed by atoms with Crippen LogP contribution in [0.25, 0.3) is 0 Å². The van der Waals surface area contributed by atoms with E-state index in [1.165, 1.54) is 36.0 Å². The Morgan fingerprint density at radius 1 is 1.28 bits per heavy atom. The quantitative estimate of drug-likeness (QED) is 0.541. The van der Waals surface area contributed by atoms with Crippen molar-refractivity contribution in [3.63, 3.8) is 0 Å². The number of anilines is 1. The van der Waals surface area contributed by atoms with Gasteiger partial charge in [-0.1, -0.05) is 23.4 Å². The van der Waals surface area contributed by atoms with Crippen molar-refractivity contribution in [3.05, 3.63) is 64.7 Å². The molecule has 0 aliphatic rings. The Kier molecular flexibility index (Phi) is 6.76. The summed E-state index contributed by atoms with van der Waals surface area (Å²) in [5.41, 5.74) is 1.47. The predicted molar refractivity (Wildman–Crippen MR) is 112 cm³/mol.